The van der Waals surface area contributed by atoms with E-state index < -0.39 is 49.4 Å². The summed E-state index contributed by atoms with van der Waals surface area (Å²) in [7, 11) is 0. The Morgan fingerprint density at radius 2 is 1.72 bits per heavy atom. The molecule has 0 aliphatic rings. The fourth-order valence-electron chi connectivity index (χ4n) is 1.05. The van der Waals surface area contributed by atoms with E-state index in [1.807, 2.05) is 0 Å². The number of carbonyl (C=O) groups excluding carboxylic acids is 2. The van der Waals surface area contributed by atoms with Gasteiger partial charge in [-0.15, -0.1) is 0 Å². The first kappa shape index (κ1) is 16.9. The smallest absolute Gasteiger partial charge is 0.308 e. The number of Topliss-reactive ketones (excluding diaryl/α,β-unsaturated/α-hetero) is 1. The summed E-state index contributed by atoms with van der Waals surface area (Å²) in [5, 5.41) is 44.8. The number of hydrogen-bond donors (Lipinski definition) is 5. The van der Waals surface area contributed by atoms with Gasteiger partial charge in [-0.2, -0.15) is 0 Å². The molecule has 0 spiro atoms. The average molecular weight is 266 g/mol. The molecular weight excluding hydrogens is 248 g/mol. The number of aliphatic hydroxyl groups is 5. The number of hydrogen-bond acceptors (Lipinski definition) is 8. The maximum atomic E-state index is 11.3. The van der Waals surface area contributed by atoms with Crippen LogP contribution in [-0.4, -0.2) is 74.9 Å². The molecule has 0 bridgehead atoms. The van der Waals surface area contributed by atoms with Gasteiger partial charge in [-0.3, -0.25) is 9.59 Å². The number of rotatable bonds is 8. The molecule has 0 unspecified atom stereocenters. The quantitative estimate of drug-likeness (QED) is 0.291. The molecule has 0 saturated carbocycles. The minimum Gasteiger partial charge on any atom is -0.457 e. The van der Waals surface area contributed by atoms with Crippen LogP contribution in [0, 0.1) is 0 Å². The molecule has 0 aromatic rings. The summed E-state index contributed by atoms with van der Waals surface area (Å²) in [5.74, 6) is -1.85. The molecule has 8 heteroatoms. The average Bonchev–Trinajstić information content (AvgIpc) is 2.32. The van der Waals surface area contributed by atoms with Crippen molar-refractivity contribution in [2.24, 2.45) is 0 Å². The molecule has 0 saturated heterocycles. The largest absolute Gasteiger partial charge is 0.457 e. The lowest BCUT2D eigenvalue weighted by molar-refractivity contribution is -0.156. The van der Waals surface area contributed by atoms with E-state index >= 15 is 0 Å². The van der Waals surface area contributed by atoms with Gasteiger partial charge in [0.05, 0.1) is 19.1 Å². The SMILES string of the molecule is C[C@@H](O)CC(=O)OCC(=O)[C@@H](O)[C@H](O)[C@H](O)CO. The Labute approximate surface area is 103 Å². The highest BCUT2D eigenvalue weighted by atomic mass is 16.5. The predicted molar refractivity (Wildman–Crippen MR) is 57.4 cm³/mol. The molecule has 0 aromatic carbocycles. The Kier molecular flexibility index (Phi) is 7.64. The van der Waals surface area contributed by atoms with E-state index in [0.29, 0.717) is 0 Å². The van der Waals surface area contributed by atoms with E-state index in [1.165, 1.54) is 6.92 Å². The summed E-state index contributed by atoms with van der Waals surface area (Å²) in [6.45, 7) is -0.255. The van der Waals surface area contributed by atoms with E-state index in [2.05, 4.69) is 4.74 Å². The van der Waals surface area contributed by atoms with Crippen molar-refractivity contribution in [2.45, 2.75) is 37.8 Å². The molecule has 4 atom stereocenters. The summed E-state index contributed by atoms with van der Waals surface area (Å²) in [6.07, 6.45) is -6.72. The van der Waals surface area contributed by atoms with Crippen molar-refractivity contribution in [3.63, 3.8) is 0 Å². The molecule has 0 fully saturated rings. The lowest BCUT2D eigenvalue weighted by Gasteiger charge is -2.20. The van der Waals surface area contributed by atoms with Crippen molar-refractivity contribution >= 4 is 11.8 Å². The van der Waals surface area contributed by atoms with Gasteiger partial charge >= 0.3 is 5.97 Å². The van der Waals surface area contributed by atoms with Gasteiger partial charge in [-0.1, -0.05) is 0 Å². The van der Waals surface area contributed by atoms with E-state index in [4.69, 9.17) is 15.3 Å². The first-order chi connectivity index (χ1) is 8.29. The molecule has 0 radical (unpaired) electrons. The van der Waals surface area contributed by atoms with Gasteiger partial charge in [0.2, 0.25) is 5.78 Å². The van der Waals surface area contributed by atoms with Crippen molar-refractivity contribution < 1.29 is 39.9 Å². The van der Waals surface area contributed by atoms with Crippen molar-refractivity contribution in [1.29, 1.82) is 0 Å². The van der Waals surface area contributed by atoms with Crippen LogP contribution in [0.3, 0.4) is 0 Å². The third-order valence-corrected chi connectivity index (χ3v) is 2.07. The predicted octanol–water partition coefficient (Wildman–Crippen LogP) is -3.06. The van der Waals surface area contributed by atoms with E-state index in [9.17, 15) is 19.8 Å². The van der Waals surface area contributed by atoms with Crippen molar-refractivity contribution in [1.82, 2.24) is 0 Å². The maximum Gasteiger partial charge on any atom is 0.308 e. The molecule has 0 rings (SSSR count). The molecule has 0 heterocycles. The van der Waals surface area contributed by atoms with Crippen LogP contribution in [0.1, 0.15) is 13.3 Å². The molecule has 0 amide bonds. The third-order valence-electron chi connectivity index (χ3n) is 2.07. The number of ketones is 1. The van der Waals surface area contributed by atoms with Crippen molar-refractivity contribution in [3.8, 4) is 0 Å². The Morgan fingerprint density at radius 1 is 1.17 bits per heavy atom. The van der Waals surface area contributed by atoms with Gasteiger partial charge < -0.3 is 30.3 Å². The second-order valence-corrected chi connectivity index (χ2v) is 3.87. The van der Waals surface area contributed by atoms with Crippen LogP contribution in [0.4, 0.5) is 0 Å². The van der Waals surface area contributed by atoms with Crippen LogP contribution in [0.25, 0.3) is 0 Å². The standard InChI is InChI=1S/C10H18O8/c1-5(12)2-8(15)18-4-7(14)10(17)9(16)6(13)3-11/h5-6,9-13,16-17H,2-4H2,1H3/t5-,6-,9-,10-/m1/s1. The van der Waals surface area contributed by atoms with E-state index in [1.54, 1.807) is 0 Å². The summed E-state index contributed by atoms with van der Waals surface area (Å²) < 4.78 is 4.44. The van der Waals surface area contributed by atoms with E-state index in [0.717, 1.165) is 0 Å². The highest BCUT2D eigenvalue weighted by Crippen LogP contribution is 2.02. The molecule has 8 nitrogen and oxygen atoms in total. The third kappa shape index (κ3) is 6.03. The van der Waals surface area contributed by atoms with Gasteiger partial charge in [0.15, 0.2) is 6.61 Å². The Bertz CT molecular complexity index is 277. The minimum absolute atomic E-state index is 0.300. The van der Waals surface area contributed by atoms with Crippen LogP contribution in [0.15, 0.2) is 0 Å². The zero-order valence-corrected chi connectivity index (χ0v) is 9.89. The maximum absolute atomic E-state index is 11.3. The van der Waals surface area contributed by atoms with Gasteiger partial charge in [0, 0.05) is 0 Å². The van der Waals surface area contributed by atoms with Gasteiger partial charge in [0.25, 0.3) is 0 Å². The second-order valence-electron chi connectivity index (χ2n) is 3.87. The molecule has 0 aliphatic carbocycles. The highest BCUT2D eigenvalue weighted by molar-refractivity contribution is 5.86. The van der Waals surface area contributed by atoms with Crippen LogP contribution in [0.2, 0.25) is 0 Å². The fraction of sp³-hybridized carbons (Fsp3) is 0.800. The molecule has 0 aliphatic heterocycles. The van der Waals surface area contributed by atoms with Crippen LogP contribution >= 0.6 is 0 Å². The topological polar surface area (TPSA) is 145 Å². The monoisotopic (exact) mass is 266 g/mol. The van der Waals surface area contributed by atoms with Crippen LogP contribution in [0.5, 0.6) is 0 Å². The van der Waals surface area contributed by atoms with Crippen LogP contribution < -0.4 is 0 Å². The number of carbonyl (C=O) groups is 2. The zero-order valence-electron chi connectivity index (χ0n) is 9.89. The summed E-state index contributed by atoms with van der Waals surface area (Å²) in [6, 6.07) is 0. The second kappa shape index (κ2) is 8.11. The van der Waals surface area contributed by atoms with Crippen molar-refractivity contribution in [2.75, 3.05) is 13.2 Å². The Morgan fingerprint density at radius 3 is 2.17 bits per heavy atom. The molecular formula is C10H18O8. The zero-order chi connectivity index (χ0) is 14.3. The summed E-state index contributed by atoms with van der Waals surface area (Å²) in [4.78, 5) is 22.2. The Balaban J connectivity index is 4.13. The number of ether oxygens (including phenoxy) is 1. The lowest BCUT2D eigenvalue weighted by Crippen LogP contribution is -2.45. The number of aliphatic hydroxyl groups excluding tert-OH is 5. The van der Waals surface area contributed by atoms with Crippen LogP contribution in [-0.2, 0) is 14.3 Å². The van der Waals surface area contributed by atoms with Crippen molar-refractivity contribution in [3.05, 3.63) is 0 Å². The number of esters is 1. The molecule has 106 valence electrons. The van der Waals surface area contributed by atoms with Gasteiger partial charge in [-0.05, 0) is 6.92 Å². The first-order valence-corrected chi connectivity index (χ1v) is 5.31. The first-order valence-electron chi connectivity index (χ1n) is 5.31. The lowest BCUT2D eigenvalue weighted by atomic mass is 10.1. The Hall–Kier alpha value is -1.06. The molecule has 18 heavy (non-hydrogen) atoms. The molecule has 0 aromatic heterocycles. The normalized spacial score (nSPS) is 17.7. The highest BCUT2D eigenvalue weighted by Gasteiger charge is 2.30. The molecule has 5 N–H and O–H groups in total. The summed E-state index contributed by atoms with van der Waals surface area (Å²) in [5.41, 5.74) is 0. The van der Waals surface area contributed by atoms with Gasteiger partial charge in [0.1, 0.15) is 18.3 Å². The fourth-order valence-corrected chi connectivity index (χ4v) is 1.05. The van der Waals surface area contributed by atoms with Gasteiger partial charge in [-0.25, -0.2) is 0 Å². The minimum atomic E-state index is -1.97. The van der Waals surface area contributed by atoms with E-state index in [-0.39, 0.29) is 6.42 Å². The summed E-state index contributed by atoms with van der Waals surface area (Å²) >= 11 is 0.